The fraction of sp³-hybridized carbons (Fsp3) is 0.524. The predicted octanol–water partition coefficient (Wildman–Crippen LogP) is 4.68. The number of halogens is 1. The highest BCUT2D eigenvalue weighted by atomic mass is 35.5. The monoisotopic (exact) mass is 384 g/mol. The molecule has 4 saturated carbocycles. The van der Waals surface area contributed by atoms with Gasteiger partial charge in [-0.3, -0.25) is 10.00 Å². The highest BCUT2D eigenvalue weighted by Crippen LogP contribution is 2.55. The molecule has 6 rings (SSSR count). The first-order chi connectivity index (χ1) is 13.1. The van der Waals surface area contributed by atoms with Crippen LogP contribution in [0.4, 0.5) is 10.6 Å². The van der Waals surface area contributed by atoms with Gasteiger partial charge in [-0.25, -0.2) is 4.79 Å². The zero-order valence-electron chi connectivity index (χ0n) is 15.3. The molecule has 5 nitrogen and oxygen atoms in total. The Hall–Kier alpha value is -2.01. The van der Waals surface area contributed by atoms with Gasteiger partial charge in [-0.05, 0) is 74.0 Å². The molecule has 142 valence electrons. The van der Waals surface area contributed by atoms with Crippen molar-refractivity contribution >= 4 is 23.4 Å². The predicted molar refractivity (Wildman–Crippen MR) is 106 cm³/mol. The fourth-order valence-electron chi connectivity index (χ4n) is 5.95. The summed E-state index contributed by atoms with van der Waals surface area (Å²) in [7, 11) is 0. The lowest BCUT2D eigenvalue weighted by atomic mass is 9.53. The van der Waals surface area contributed by atoms with Crippen LogP contribution in [0.2, 0.25) is 5.02 Å². The number of amides is 2. The van der Waals surface area contributed by atoms with Crippen molar-refractivity contribution in [2.45, 2.75) is 50.6 Å². The third-order valence-electron chi connectivity index (χ3n) is 6.56. The molecule has 2 N–H and O–H groups in total. The number of carbonyl (C=O) groups is 1. The second kappa shape index (κ2) is 6.55. The van der Waals surface area contributed by atoms with Crippen LogP contribution in [0.3, 0.4) is 0 Å². The van der Waals surface area contributed by atoms with Crippen LogP contribution in [-0.2, 0) is 6.54 Å². The van der Waals surface area contributed by atoms with Crippen molar-refractivity contribution in [3.8, 4) is 0 Å². The smallest absolute Gasteiger partial charge is 0.320 e. The number of benzene rings is 1. The molecule has 4 bridgehead atoms. The van der Waals surface area contributed by atoms with E-state index in [0.29, 0.717) is 12.4 Å². The van der Waals surface area contributed by atoms with E-state index in [1.807, 2.05) is 41.2 Å². The summed E-state index contributed by atoms with van der Waals surface area (Å²) in [5, 5.41) is 11.5. The zero-order chi connectivity index (χ0) is 18.4. The Bertz CT molecular complexity index is 809. The van der Waals surface area contributed by atoms with Crippen LogP contribution in [0, 0.1) is 17.8 Å². The normalized spacial score (nSPS) is 31.1. The van der Waals surface area contributed by atoms with E-state index in [1.54, 1.807) is 0 Å². The summed E-state index contributed by atoms with van der Waals surface area (Å²) >= 11 is 5.93. The first kappa shape index (κ1) is 17.1. The summed E-state index contributed by atoms with van der Waals surface area (Å²) in [6.45, 7) is 0.648. The minimum Gasteiger partial charge on any atom is -0.332 e. The molecule has 1 aromatic carbocycles. The van der Waals surface area contributed by atoms with Gasteiger partial charge < -0.3 is 5.32 Å². The van der Waals surface area contributed by atoms with E-state index in [4.69, 9.17) is 11.6 Å². The maximum Gasteiger partial charge on any atom is 0.320 e. The second-order valence-corrected chi connectivity index (χ2v) is 9.24. The number of nitrogens with zero attached hydrogens (tertiary/aromatic N) is 2. The van der Waals surface area contributed by atoms with Gasteiger partial charge in [0.05, 0.1) is 6.54 Å². The third kappa shape index (κ3) is 3.57. The Morgan fingerprint density at radius 2 is 1.70 bits per heavy atom. The Kier molecular flexibility index (Phi) is 4.15. The van der Waals surface area contributed by atoms with Crippen LogP contribution in [0.1, 0.15) is 44.1 Å². The molecule has 6 heteroatoms. The van der Waals surface area contributed by atoms with Crippen molar-refractivity contribution in [1.82, 2.24) is 15.1 Å². The van der Waals surface area contributed by atoms with Gasteiger partial charge in [0.1, 0.15) is 0 Å². The molecule has 0 saturated heterocycles. The summed E-state index contributed by atoms with van der Waals surface area (Å²) in [6.07, 6.45) is 9.45. The Labute approximate surface area is 164 Å². The molecular formula is C21H25ClN4O. The first-order valence-electron chi connectivity index (χ1n) is 9.92. The molecule has 27 heavy (non-hydrogen) atoms. The van der Waals surface area contributed by atoms with Crippen LogP contribution >= 0.6 is 11.6 Å². The molecule has 4 fully saturated rings. The van der Waals surface area contributed by atoms with Gasteiger partial charge in [0.2, 0.25) is 0 Å². The summed E-state index contributed by atoms with van der Waals surface area (Å²) in [5.41, 5.74) is 1.14. The van der Waals surface area contributed by atoms with E-state index < -0.39 is 0 Å². The van der Waals surface area contributed by atoms with Crippen molar-refractivity contribution in [1.29, 1.82) is 0 Å². The fourth-order valence-corrected chi connectivity index (χ4v) is 6.07. The quantitative estimate of drug-likeness (QED) is 0.804. The Morgan fingerprint density at radius 3 is 2.33 bits per heavy atom. The maximum absolute atomic E-state index is 12.6. The van der Waals surface area contributed by atoms with Gasteiger partial charge in [-0.15, -0.1) is 0 Å². The zero-order valence-corrected chi connectivity index (χ0v) is 16.1. The molecular weight excluding hydrogens is 360 g/mol. The number of aromatic nitrogens is 2. The molecule has 1 aromatic heterocycles. The van der Waals surface area contributed by atoms with Gasteiger partial charge in [0, 0.05) is 22.8 Å². The highest BCUT2D eigenvalue weighted by Gasteiger charge is 2.51. The molecule has 0 aliphatic heterocycles. The summed E-state index contributed by atoms with van der Waals surface area (Å²) < 4.78 is 1.82. The number of hydrogen-bond donors (Lipinski definition) is 2. The van der Waals surface area contributed by atoms with E-state index in [9.17, 15) is 4.79 Å². The van der Waals surface area contributed by atoms with E-state index in [1.165, 1.54) is 19.3 Å². The first-order valence-corrected chi connectivity index (χ1v) is 10.3. The van der Waals surface area contributed by atoms with E-state index >= 15 is 0 Å². The molecule has 1 heterocycles. The van der Waals surface area contributed by atoms with Crippen LogP contribution in [0.25, 0.3) is 0 Å². The van der Waals surface area contributed by atoms with Gasteiger partial charge in [-0.1, -0.05) is 23.7 Å². The maximum atomic E-state index is 12.6. The summed E-state index contributed by atoms with van der Waals surface area (Å²) in [4.78, 5) is 12.6. The standard InChI is InChI=1S/C21H25ClN4O/c22-18-3-1-14(2-4-18)13-26-6-5-19(25-26)23-20(27)24-21-10-15-7-16(11-21)9-17(8-15)12-21/h1-6,15-17H,7-13H2,(H2,23,24,25,27). The number of carbonyl (C=O) groups excluding carboxylic acids is 1. The van der Waals surface area contributed by atoms with Crippen molar-refractivity contribution in [2.24, 2.45) is 17.8 Å². The largest absolute Gasteiger partial charge is 0.332 e. The average molecular weight is 385 g/mol. The molecule has 2 aromatic rings. The molecule has 4 aliphatic carbocycles. The number of nitrogens with one attached hydrogen (secondary N) is 2. The van der Waals surface area contributed by atoms with Crippen LogP contribution in [-0.4, -0.2) is 21.4 Å². The molecule has 0 unspecified atom stereocenters. The molecule has 4 aliphatic rings. The molecule has 0 atom stereocenters. The van der Waals surface area contributed by atoms with Crippen LogP contribution in [0.5, 0.6) is 0 Å². The molecule has 0 radical (unpaired) electrons. The lowest BCUT2D eigenvalue weighted by molar-refractivity contribution is -0.0127. The average Bonchev–Trinajstić information content (AvgIpc) is 3.02. The van der Waals surface area contributed by atoms with Crippen molar-refractivity contribution < 1.29 is 4.79 Å². The van der Waals surface area contributed by atoms with E-state index in [0.717, 1.165) is 47.6 Å². The van der Waals surface area contributed by atoms with Crippen LogP contribution in [0.15, 0.2) is 36.5 Å². The number of urea groups is 1. The van der Waals surface area contributed by atoms with Crippen LogP contribution < -0.4 is 10.6 Å². The second-order valence-electron chi connectivity index (χ2n) is 8.80. The SMILES string of the molecule is O=C(Nc1ccn(Cc2ccc(Cl)cc2)n1)NC12CC3CC(CC(C3)C1)C2. The Balaban J connectivity index is 1.20. The summed E-state index contributed by atoms with van der Waals surface area (Å²) in [5.74, 6) is 3.03. The third-order valence-corrected chi connectivity index (χ3v) is 6.81. The van der Waals surface area contributed by atoms with Crippen molar-refractivity contribution in [3.63, 3.8) is 0 Å². The highest BCUT2D eigenvalue weighted by molar-refractivity contribution is 6.30. The minimum absolute atomic E-state index is 0.0186. The topological polar surface area (TPSA) is 59.0 Å². The number of hydrogen-bond acceptors (Lipinski definition) is 2. The van der Waals surface area contributed by atoms with E-state index in [-0.39, 0.29) is 11.6 Å². The molecule has 0 spiro atoms. The van der Waals surface area contributed by atoms with Gasteiger partial charge in [0.15, 0.2) is 5.82 Å². The minimum atomic E-state index is -0.117. The van der Waals surface area contributed by atoms with Gasteiger partial charge in [0.25, 0.3) is 0 Å². The number of rotatable bonds is 4. The van der Waals surface area contributed by atoms with Gasteiger partial charge >= 0.3 is 6.03 Å². The lowest BCUT2D eigenvalue weighted by Crippen LogP contribution is -2.60. The number of anilines is 1. The Morgan fingerprint density at radius 1 is 1.07 bits per heavy atom. The lowest BCUT2D eigenvalue weighted by Gasteiger charge is -2.56. The van der Waals surface area contributed by atoms with Crippen molar-refractivity contribution in [3.05, 3.63) is 47.1 Å². The van der Waals surface area contributed by atoms with Gasteiger partial charge in [-0.2, -0.15) is 5.10 Å². The summed E-state index contributed by atoms with van der Waals surface area (Å²) in [6, 6.07) is 9.44. The molecule has 2 amide bonds. The van der Waals surface area contributed by atoms with Crippen molar-refractivity contribution in [2.75, 3.05) is 5.32 Å². The van der Waals surface area contributed by atoms with E-state index in [2.05, 4.69) is 15.7 Å².